The molecule has 0 bridgehead atoms. The maximum atomic E-state index is 12.1. The molecule has 122 valence electrons. The lowest BCUT2D eigenvalue weighted by molar-refractivity contribution is -0.385. The van der Waals surface area contributed by atoms with Gasteiger partial charge >= 0.3 is 0 Å². The molecule has 0 aliphatic rings. The Balaban J connectivity index is 2.91. The van der Waals surface area contributed by atoms with Crippen molar-refractivity contribution in [3.8, 4) is 11.5 Å². The maximum absolute atomic E-state index is 12.1. The molecule has 1 aromatic carbocycles. The Morgan fingerprint density at radius 2 is 1.86 bits per heavy atom. The number of ether oxygens (including phenoxy) is 2. The fourth-order valence-electron chi connectivity index (χ4n) is 1.91. The maximum Gasteiger partial charge on any atom is 0.286 e. The molecular formula is C14H20N2O6. The van der Waals surface area contributed by atoms with E-state index in [4.69, 9.17) is 14.6 Å². The van der Waals surface area contributed by atoms with Gasteiger partial charge in [0.2, 0.25) is 0 Å². The molecule has 0 saturated carbocycles. The van der Waals surface area contributed by atoms with Gasteiger partial charge in [-0.1, -0.05) is 0 Å². The van der Waals surface area contributed by atoms with Crippen LogP contribution in [0.3, 0.4) is 0 Å². The number of rotatable bonds is 9. The second-order valence-corrected chi connectivity index (χ2v) is 4.52. The number of benzene rings is 1. The minimum absolute atomic E-state index is 0.0789. The van der Waals surface area contributed by atoms with E-state index in [0.717, 1.165) is 6.42 Å². The van der Waals surface area contributed by atoms with Crippen LogP contribution in [0.25, 0.3) is 0 Å². The zero-order valence-corrected chi connectivity index (χ0v) is 12.6. The van der Waals surface area contributed by atoms with Crippen molar-refractivity contribution in [1.29, 1.82) is 0 Å². The van der Waals surface area contributed by atoms with Gasteiger partial charge in [0.15, 0.2) is 11.5 Å². The summed E-state index contributed by atoms with van der Waals surface area (Å²) in [6.45, 7) is 0.486. The summed E-state index contributed by atoms with van der Waals surface area (Å²) < 4.78 is 10.1. The van der Waals surface area contributed by atoms with Crippen molar-refractivity contribution in [2.75, 3.05) is 27.4 Å². The summed E-state index contributed by atoms with van der Waals surface area (Å²) in [5, 5.41) is 22.4. The van der Waals surface area contributed by atoms with Crippen LogP contribution in [0, 0.1) is 10.1 Å². The van der Waals surface area contributed by atoms with Crippen LogP contribution in [0.1, 0.15) is 29.6 Å². The highest BCUT2D eigenvalue weighted by atomic mass is 16.6. The molecule has 1 amide bonds. The van der Waals surface area contributed by atoms with Crippen LogP contribution in [-0.4, -0.2) is 43.3 Å². The number of nitro benzene ring substituents is 1. The predicted molar refractivity (Wildman–Crippen MR) is 79.5 cm³/mol. The normalized spacial score (nSPS) is 10.1. The van der Waals surface area contributed by atoms with E-state index in [1.807, 2.05) is 0 Å². The fraction of sp³-hybridized carbons (Fsp3) is 0.500. The summed E-state index contributed by atoms with van der Waals surface area (Å²) in [5.41, 5.74) is -0.421. The number of hydrogen-bond donors (Lipinski definition) is 2. The van der Waals surface area contributed by atoms with Gasteiger partial charge in [0.05, 0.1) is 25.2 Å². The summed E-state index contributed by atoms with van der Waals surface area (Å²) >= 11 is 0. The van der Waals surface area contributed by atoms with Crippen molar-refractivity contribution >= 4 is 11.6 Å². The zero-order chi connectivity index (χ0) is 16.5. The third kappa shape index (κ3) is 4.59. The topological polar surface area (TPSA) is 111 Å². The van der Waals surface area contributed by atoms with Crippen molar-refractivity contribution in [3.05, 3.63) is 27.8 Å². The van der Waals surface area contributed by atoms with Crippen LogP contribution < -0.4 is 14.8 Å². The summed E-state index contributed by atoms with van der Waals surface area (Å²) in [5.74, 6) is -0.108. The van der Waals surface area contributed by atoms with Gasteiger partial charge in [-0.05, 0) is 19.3 Å². The van der Waals surface area contributed by atoms with Crippen molar-refractivity contribution in [1.82, 2.24) is 5.32 Å². The van der Waals surface area contributed by atoms with Crippen LogP contribution in [0.4, 0.5) is 5.69 Å². The number of nitrogens with one attached hydrogen (secondary N) is 1. The third-order valence-electron chi connectivity index (χ3n) is 3.06. The minimum atomic E-state index is -0.636. The molecule has 0 saturated heterocycles. The van der Waals surface area contributed by atoms with E-state index < -0.39 is 10.8 Å². The van der Waals surface area contributed by atoms with Crippen molar-refractivity contribution in [2.45, 2.75) is 19.3 Å². The highest BCUT2D eigenvalue weighted by Crippen LogP contribution is 2.34. The van der Waals surface area contributed by atoms with Crippen molar-refractivity contribution in [3.63, 3.8) is 0 Å². The molecule has 8 nitrogen and oxygen atoms in total. The number of carbonyl (C=O) groups excluding carboxylic acids is 1. The van der Waals surface area contributed by atoms with Crippen LogP contribution in [0.5, 0.6) is 11.5 Å². The van der Waals surface area contributed by atoms with E-state index in [1.165, 1.54) is 26.4 Å². The number of methoxy groups -OCH3 is 2. The SMILES string of the molecule is COc1cc(C(=O)NCCCCCO)c([N+](=O)[O-])cc1OC. The standard InChI is InChI=1S/C14H20N2O6/c1-21-12-8-10(11(16(19)20)9-13(12)22-2)14(18)15-6-4-3-5-7-17/h8-9,17H,3-7H2,1-2H3,(H,15,18). The summed E-state index contributed by atoms with van der Waals surface area (Å²) in [4.78, 5) is 22.6. The number of amides is 1. The van der Waals surface area contributed by atoms with Gasteiger partial charge < -0.3 is 19.9 Å². The number of nitro groups is 1. The van der Waals surface area contributed by atoms with E-state index in [0.29, 0.717) is 19.4 Å². The first kappa shape index (κ1) is 17.7. The molecule has 22 heavy (non-hydrogen) atoms. The number of nitrogens with zero attached hydrogens (tertiary/aromatic N) is 1. The smallest absolute Gasteiger partial charge is 0.286 e. The first-order valence-electron chi connectivity index (χ1n) is 6.84. The first-order chi connectivity index (χ1) is 10.5. The van der Waals surface area contributed by atoms with E-state index in [9.17, 15) is 14.9 Å². The number of unbranched alkanes of at least 4 members (excludes halogenated alkanes) is 2. The van der Waals surface area contributed by atoms with Crippen molar-refractivity contribution in [2.24, 2.45) is 0 Å². The third-order valence-corrected chi connectivity index (χ3v) is 3.06. The average Bonchev–Trinajstić information content (AvgIpc) is 2.52. The van der Waals surface area contributed by atoms with E-state index in [2.05, 4.69) is 5.32 Å². The van der Waals surface area contributed by atoms with Crippen LogP contribution in [-0.2, 0) is 0 Å². The molecule has 0 aliphatic heterocycles. The van der Waals surface area contributed by atoms with E-state index >= 15 is 0 Å². The van der Waals surface area contributed by atoms with Crippen molar-refractivity contribution < 1.29 is 24.3 Å². The largest absolute Gasteiger partial charge is 0.493 e. The Morgan fingerprint density at radius 3 is 2.41 bits per heavy atom. The zero-order valence-electron chi connectivity index (χ0n) is 12.6. The summed E-state index contributed by atoms with van der Waals surface area (Å²) in [6.07, 6.45) is 2.12. The molecule has 0 spiro atoms. The Labute approximate surface area is 128 Å². The second kappa shape index (κ2) is 8.83. The molecule has 0 aliphatic carbocycles. The van der Waals surface area contributed by atoms with Crippen LogP contribution >= 0.6 is 0 Å². The molecule has 0 fully saturated rings. The number of aliphatic hydroxyl groups is 1. The average molecular weight is 312 g/mol. The quantitative estimate of drug-likeness (QED) is 0.406. The van der Waals surface area contributed by atoms with Gasteiger partial charge in [0.25, 0.3) is 11.6 Å². The monoisotopic (exact) mass is 312 g/mol. The molecule has 1 aromatic rings. The molecule has 2 N–H and O–H groups in total. The lowest BCUT2D eigenvalue weighted by Crippen LogP contribution is -2.25. The van der Waals surface area contributed by atoms with Gasteiger partial charge in [0.1, 0.15) is 5.56 Å². The second-order valence-electron chi connectivity index (χ2n) is 4.52. The first-order valence-corrected chi connectivity index (χ1v) is 6.84. The Morgan fingerprint density at radius 1 is 1.23 bits per heavy atom. The molecular weight excluding hydrogens is 292 g/mol. The van der Waals surface area contributed by atoms with Gasteiger partial charge in [-0.3, -0.25) is 14.9 Å². The lowest BCUT2D eigenvalue weighted by atomic mass is 10.1. The van der Waals surface area contributed by atoms with Gasteiger partial charge in [0, 0.05) is 19.2 Å². The van der Waals surface area contributed by atoms with Gasteiger partial charge in [-0.2, -0.15) is 0 Å². The molecule has 0 atom stereocenters. The number of carbonyl (C=O) groups is 1. The fourth-order valence-corrected chi connectivity index (χ4v) is 1.91. The molecule has 0 heterocycles. The summed E-state index contributed by atoms with van der Waals surface area (Å²) in [6, 6.07) is 2.46. The molecule has 0 radical (unpaired) electrons. The van der Waals surface area contributed by atoms with Crippen LogP contribution in [0.2, 0.25) is 0 Å². The van der Waals surface area contributed by atoms with E-state index in [-0.39, 0.29) is 29.4 Å². The Hall–Kier alpha value is -2.35. The molecule has 0 aromatic heterocycles. The van der Waals surface area contributed by atoms with Gasteiger partial charge in [-0.15, -0.1) is 0 Å². The highest BCUT2D eigenvalue weighted by molar-refractivity contribution is 5.99. The van der Waals surface area contributed by atoms with E-state index in [1.54, 1.807) is 0 Å². The Kier molecular flexibility index (Phi) is 7.11. The number of aliphatic hydroxyl groups excluding tert-OH is 1. The predicted octanol–water partition coefficient (Wildman–Crippen LogP) is 1.50. The number of hydrogen-bond acceptors (Lipinski definition) is 6. The lowest BCUT2D eigenvalue weighted by Gasteiger charge is -2.10. The van der Waals surface area contributed by atoms with Gasteiger partial charge in [-0.25, -0.2) is 0 Å². The minimum Gasteiger partial charge on any atom is -0.493 e. The summed E-state index contributed by atoms with van der Waals surface area (Å²) in [7, 11) is 2.75. The molecule has 8 heteroatoms. The highest BCUT2D eigenvalue weighted by Gasteiger charge is 2.24. The molecule has 1 rings (SSSR count). The molecule has 0 unspecified atom stereocenters. The van der Waals surface area contributed by atoms with Crippen LogP contribution in [0.15, 0.2) is 12.1 Å². The Bertz CT molecular complexity index is 532.